The van der Waals surface area contributed by atoms with Crippen molar-refractivity contribution in [2.24, 2.45) is 5.92 Å². The van der Waals surface area contributed by atoms with Gasteiger partial charge in [0.05, 0.1) is 5.92 Å². The smallest absolute Gasteiger partial charge is 0.410 e. The molecule has 0 aromatic heterocycles. The summed E-state index contributed by atoms with van der Waals surface area (Å²) in [5.41, 5.74) is -1.13. The van der Waals surface area contributed by atoms with Crippen molar-refractivity contribution in [2.45, 2.75) is 78.6 Å². The van der Waals surface area contributed by atoms with E-state index in [2.05, 4.69) is 0 Å². The number of nitrogens with zero attached hydrogens (tertiary/aromatic N) is 1. The Balaban J connectivity index is 2.56. The van der Waals surface area contributed by atoms with Crippen LogP contribution in [-0.2, 0) is 19.1 Å². The highest BCUT2D eigenvalue weighted by Gasteiger charge is 2.37. The Bertz CT molecular complexity index is 507. The standard InChI is InChI=1S/C18H31NO5S/c1-12(14(20)23-17(2,3)4)11-25-15(21)13-9-8-10-19(13)16(22)24-18(5,6)7/h12-13H,8-11H2,1-7H3/t12?,13-/m0/s1. The Labute approximate surface area is 155 Å². The summed E-state index contributed by atoms with van der Waals surface area (Å²) < 4.78 is 10.7. The lowest BCUT2D eigenvalue weighted by Crippen LogP contribution is -2.42. The Morgan fingerprint density at radius 1 is 1.08 bits per heavy atom. The molecule has 0 spiro atoms. The van der Waals surface area contributed by atoms with Gasteiger partial charge in [0, 0.05) is 12.3 Å². The van der Waals surface area contributed by atoms with Crippen molar-refractivity contribution >= 4 is 28.9 Å². The largest absolute Gasteiger partial charge is 0.460 e. The fraction of sp³-hybridized carbons (Fsp3) is 0.833. The highest BCUT2D eigenvalue weighted by atomic mass is 32.2. The molecule has 1 saturated heterocycles. The van der Waals surface area contributed by atoms with Crippen molar-refractivity contribution in [3.05, 3.63) is 0 Å². The van der Waals surface area contributed by atoms with Crippen LogP contribution in [0.3, 0.4) is 0 Å². The number of amides is 1. The second kappa shape index (κ2) is 8.43. The monoisotopic (exact) mass is 373 g/mol. The van der Waals surface area contributed by atoms with Gasteiger partial charge in [-0.2, -0.15) is 0 Å². The van der Waals surface area contributed by atoms with Gasteiger partial charge in [-0.3, -0.25) is 14.5 Å². The second-order valence-corrected chi connectivity index (χ2v) is 9.42. The molecular formula is C18H31NO5S. The number of hydrogen-bond acceptors (Lipinski definition) is 6. The van der Waals surface area contributed by atoms with E-state index in [9.17, 15) is 14.4 Å². The molecule has 0 saturated carbocycles. The summed E-state index contributed by atoms with van der Waals surface area (Å²) in [4.78, 5) is 38.2. The molecule has 0 N–H and O–H groups in total. The van der Waals surface area contributed by atoms with E-state index in [-0.39, 0.29) is 17.0 Å². The molecule has 0 bridgehead atoms. The zero-order valence-corrected chi connectivity index (χ0v) is 17.2. The summed E-state index contributed by atoms with van der Waals surface area (Å²) in [7, 11) is 0. The first-order valence-corrected chi connectivity index (χ1v) is 9.68. The lowest BCUT2D eigenvalue weighted by molar-refractivity contribution is -0.158. The van der Waals surface area contributed by atoms with Crippen LogP contribution >= 0.6 is 11.8 Å². The topological polar surface area (TPSA) is 72.9 Å². The third-order valence-electron chi connectivity index (χ3n) is 3.44. The zero-order chi connectivity index (χ0) is 19.4. The molecule has 6 nitrogen and oxygen atoms in total. The van der Waals surface area contributed by atoms with Gasteiger partial charge in [-0.15, -0.1) is 0 Å². The highest BCUT2D eigenvalue weighted by molar-refractivity contribution is 8.13. The Morgan fingerprint density at radius 3 is 2.16 bits per heavy atom. The molecule has 1 rings (SSSR count). The van der Waals surface area contributed by atoms with Crippen LogP contribution in [0, 0.1) is 5.92 Å². The molecule has 7 heteroatoms. The van der Waals surface area contributed by atoms with E-state index in [0.29, 0.717) is 18.7 Å². The first-order chi connectivity index (χ1) is 11.3. The van der Waals surface area contributed by atoms with E-state index in [1.54, 1.807) is 27.7 Å². The van der Waals surface area contributed by atoms with Crippen LogP contribution in [0.15, 0.2) is 0 Å². The van der Waals surface area contributed by atoms with E-state index in [0.717, 1.165) is 18.2 Å². The first-order valence-electron chi connectivity index (χ1n) is 8.69. The van der Waals surface area contributed by atoms with Crippen molar-refractivity contribution in [2.75, 3.05) is 12.3 Å². The number of carbonyl (C=O) groups is 3. The van der Waals surface area contributed by atoms with E-state index in [1.165, 1.54) is 4.90 Å². The van der Waals surface area contributed by atoms with E-state index >= 15 is 0 Å². The van der Waals surface area contributed by atoms with Crippen LogP contribution in [0.1, 0.15) is 61.3 Å². The van der Waals surface area contributed by atoms with Gasteiger partial charge >= 0.3 is 12.1 Å². The molecule has 1 aliphatic rings. The normalized spacial score (nSPS) is 19.5. The second-order valence-electron chi connectivity index (χ2n) is 8.40. The molecule has 0 aromatic rings. The van der Waals surface area contributed by atoms with Crippen LogP contribution in [0.25, 0.3) is 0 Å². The summed E-state index contributed by atoms with van der Waals surface area (Å²) in [6.45, 7) is 13.1. The maximum Gasteiger partial charge on any atom is 0.410 e. The number of thioether (sulfide) groups is 1. The molecule has 2 atom stereocenters. The minimum atomic E-state index is -0.592. The molecular weight excluding hydrogens is 342 g/mol. The number of ether oxygens (including phenoxy) is 2. The van der Waals surface area contributed by atoms with Crippen molar-refractivity contribution < 1.29 is 23.9 Å². The average Bonchev–Trinajstić information content (AvgIpc) is 2.90. The lowest BCUT2D eigenvalue weighted by Gasteiger charge is -2.28. The van der Waals surface area contributed by atoms with Crippen LogP contribution < -0.4 is 0 Å². The number of rotatable bonds is 4. The van der Waals surface area contributed by atoms with Crippen LogP contribution in [0.2, 0.25) is 0 Å². The molecule has 0 aromatic carbocycles. The van der Waals surface area contributed by atoms with Gasteiger partial charge in [0.25, 0.3) is 0 Å². The highest BCUT2D eigenvalue weighted by Crippen LogP contribution is 2.26. The van der Waals surface area contributed by atoms with Crippen molar-refractivity contribution in [1.29, 1.82) is 0 Å². The minimum absolute atomic E-state index is 0.0984. The van der Waals surface area contributed by atoms with Crippen molar-refractivity contribution in [3.8, 4) is 0 Å². The predicted molar refractivity (Wildman–Crippen MR) is 98.4 cm³/mol. The Kier molecular flexibility index (Phi) is 7.35. The lowest BCUT2D eigenvalue weighted by atomic mass is 10.1. The molecule has 0 radical (unpaired) electrons. The summed E-state index contributed by atoms with van der Waals surface area (Å²) >= 11 is 1.09. The fourth-order valence-electron chi connectivity index (χ4n) is 2.32. The maximum atomic E-state index is 12.5. The summed E-state index contributed by atoms with van der Waals surface area (Å²) in [6, 6.07) is -0.481. The quantitative estimate of drug-likeness (QED) is 0.701. The number of carbonyl (C=O) groups excluding carboxylic acids is 3. The van der Waals surface area contributed by atoms with Crippen LogP contribution in [-0.4, -0.2) is 51.6 Å². The molecule has 1 unspecified atom stereocenters. The van der Waals surface area contributed by atoms with Gasteiger partial charge in [-0.1, -0.05) is 18.7 Å². The molecule has 1 heterocycles. The molecule has 1 fully saturated rings. The van der Waals surface area contributed by atoms with Gasteiger partial charge in [-0.25, -0.2) is 4.79 Å². The Morgan fingerprint density at radius 2 is 1.64 bits per heavy atom. The van der Waals surface area contributed by atoms with Crippen LogP contribution in [0.4, 0.5) is 4.79 Å². The number of likely N-dealkylation sites (tertiary alicyclic amines) is 1. The third-order valence-corrected chi connectivity index (χ3v) is 4.66. The predicted octanol–water partition coefficient (Wildman–Crippen LogP) is 3.62. The minimum Gasteiger partial charge on any atom is -0.460 e. The van der Waals surface area contributed by atoms with Gasteiger partial charge in [0.1, 0.15) is 17.2 Å². The molecule has 1 amide bonds. The van der Waals surface area contributed by atoms with Crippen molar-refractivity contribution in [1.82, 2.24) is 4.90 Å². The zero-order valence-electron chi connectivity index (χ0n) is 16.4. The maximum absolute atomic E-state index is 12.5. The molecule has 25 heavy (non-hydrogen) atoms. The van der Waals surface area contributed by atoms with E-state index in [4.69, 9.17) is 9.47 Å². The fourth-order valence-corrected chi connectivity index (χ4v) is 3.31. The molecule has 1 aliphatic heterocycles. The summed E-state index contributed by atoms with van der Waals surface area (Å²) in [6.07, 6.45) is 0.952. The SMILES string of the molecule is CC(CSC(=O)[C@@H]1CCCN1C(=O)OC(C)(C)C)C(=O)OC(C)(C)C. The van der Waals surface area contributed by atoms with Gasteiger partial charge < -0.3 is 9.47 Å². The average molecular weight is 374 g/mol. The van der Waals surface area contributed by atoms with Crippen LogP contribution in [0.5, 0.6) is 0 Å². The summed E-state index contributed by atoms with van der Waals surface area (Å²) in [5.74, 6) is -0.361. The van der Waals surface area contributed by atoms with Gasteiger partial charge in [0.15, 0.2) is 0 Å². The van der Waals surface area contributed by atoms with Gasteiger partial charge in [0.2, 0.25) is 5.12 Å². The molecule has 0 aliphatic carbocycles. The van der Waals surface area contributed by atoms with Crippen molar-refractivity contribution in [3.63, 3.8) is 0 Å². The van der Waals surface area contributed by atoms with E-state index < -0.39 is 23.3 Å². The van der Waals surface area contributed by atoms with Gasteiger partial charge in [-0.05, 0) is 54.4 Å². The number of esters is 1. The summed E-state index contributed by atoms with van der Waals surface area (Å²) in [5, 5.41) is -0.0984. The molecule has 144 valence electrons. The first kappa shape index (κ1) is 21.8. The van der Waals surface area contributed by atoms with E-state index in [1.807, 2.05) is 20.8 Å². The number of hydrogen-bond donors (Lipinski definition) is 0. The Hall–Kier alpha value is -1.24. The third kappa shape index (κ3) is 7.67.